The molecule has 2 heterocycles. The van der Waals surface area contributed by atoms with Gasteiger partial charge in [0.2, 0.25) is 0 Å². The highest BCUT2D eigenvalue weighted by atomic mass is 16.5. The average Bonchev–Trinajstić information content (AvgIpc) is 2.83. The minimum absolute atomic E-state index is 0.00122. The number of nitrogens with one attached hydrogen (secondary N) is 1. The molecule has 0 aliphatic heterocycles. The molecular formula is C26H27N5O. The first-order valence-electron chi connectivity index (χ1n) is 10.7. The van der Waals surface area contributed by atoms with E-state index in [-0.39, 0.29) is 6.04 Å². The van der Waals surface area contributed by atoms with Crippen molar-refractivity contribution in [3.8, 4) is 5.75 Å². The Kier molecular flexibility index (Phi) is 6.72. The lowest BCUT2D eigenvalue weighted by Crippen LogP contribution is -2.12. The maximum atomic E-state index is 6.14. The zero-order valence-electron chi connectivity index (χ0n) is 18.3. The number of nitrogens with zero attached hydrogens (tertiary/aromatic N) is 3. The summed E-state index contributed by atoms with van der Waals surface area (Å²) in [6.07, 6.45) is 6.39. The van der Waals surface area contributed by atoms with Crippen LogP contribution in [0.25, 0.3) is 23.1 Å². The van der Waals surface area contributed by atoms with E-state index in [1.165, 1.54) is 11.1 Å². The normalized spacial score (nSPS) is 12.2. The molecule has 3 N–H and O–H groups in total. The molecule has 6 nitrogen and oxygen atoms in total. The van der Waals surface area contributed by atoms with Crippen molar-refractivity contribution in [2.75, 3.05) is 19.0 Å². The molecule has 0 saturated carbocycles. The van der Waals surface area contributed by atoms with Crippen molar-refractivity contribution >= 4 is 28.9 Å². The van der Waals surface area contributed by atoms with Gasteiger partial charge < -0.3 is 15.8 Å². The molecule has 0 aliphatic rings. The number of aromatic nitrogens is 3. The highest BCUT2D eigenvalue weighted by Crippen LogP contribution is 2.26. The summed E-state index contributed by atoms with van der Waals surface area (Å²) in [4.78, 5) is 13.8. The number of methoxy groups -OCH3 is 1. The van der Waals surface area contributed by atoms with Gasteiger partial charge in [0, 0.05) is 24.2 Å². The fraction of sp³-hybridized carbons (Fsp3) is 0.192. The molecule has 0 saturated heterocycles. The molecule has 2 aromatic carbocycles. The maximum absolute atomic E-state index is 6.14. The van der Waals surface area contributed by atoms with E-state index in [0.29, 0.717) is 5.82 Å². The van der Waals surface area contributed by atoms with Gasteiger partial charge in [0.1, 0.15) is 11.6 Å². The molecule has 4 aromatic rings. The molecule has 1 atom stereocenters. The van der Waals surface area contributed by atoms with E-state index in [9.17, 15) is 0 Å². The van der Waals surface area contributed by atoms with E-state index in [1.54, 1.807) is 13.3 Å². The van der Waals surface area contributed by atoms with Crippen LogP contribution in [0.4, 0.5) is 5.82 Å². The van der Waals surface area contributed by atoms with E-state index < -0.39 is 0 Å². The van der Waals surface area contributed by atoms with E-state index in [2.05, 4.69) is 22.4 Å². The zero-order valence-corrected chi connectivity index (χ0v) is 18.3. The molecule has 0 fully saturated rings. The molecule has 1 unspecified atom stereocenters. The lowest BCUT2D eigenvalue weighted by molar-refractivity contribution is 0.415. The average molecular weight is 426 g/mol. The van der Waals surface area contributed by atoms with Gasteiger partial charge in [-0.25, -0.2) is 9.97 Å². The summed E-state index contributed by atoms with van der Waals surface area (Å²) in [6.45, 7) is 2.73. The monoisotopic (exact) mass is 425 g/mol. The van der Waals surface area contributed by atoms with Crippen LogP contribution >= 0.6 is 0 Å². The van der Waals surface area contributed by atoms with Crippen molar-refractivity contribution in [1.82, 2.24) is 15.0 Å². The number of hydrogen-bond donors (Lipinski definition) is 2. The number of hydrogen-bond acceptors (Lipinski definition) is 6. The van der Waals surface area contributed by atoms with Crippen LogP contribution in [-0.2, 0) is 6.42 Å². The predicted octanol–water partition coefficient (Wildman–Crippen LogP) is 4.88. The van der Waals surface area contributed by atoms with Crippen molar-refractivity contribution in [2.24, 2.45) is 5.73 Å². The number of nitrogens with two attached hydrogens (primary N) is 1. The summed E-state index contributed by atoms with van der Waals surface area (Å²) < 4.78 is 5.41. The minimum Gasteiger partial charge on any atom is -0.497 e. The first-order chi connectivity index (χ1) is 15.6. The third-order valence-corrected chi connectivity index (χ3v) is 5.24. The molecule has 0 amide bonds. The Hall–Kier alpha value is -3.77. The van der Waals surface area contributed by atoms with Crippen LogP contribution < -0.4 is 15.8 Å². The minimum atomic E-state index is -0.00122. The van der Waals surface area contributed by atoms with Gasteiger partial charge >= 0.3 is 0 Å². The van der Waals surface area contributed by atoms with Gasteiger partial charge in [-0.3, -0.25) is 4.98 Å². The number of pyridine rings is 1. The summed E-state index contributed by atoms with van der Waals surface area (Å²) in [5.41, 5.74) is 10.2. The van der Waals surface area contributed by atoms with E-state index in [0.717, 1.165) is 41.1 Å². The van der Waals surface area contributed by atoms with E-state index >= 15 is 0 Å². The van der Waals surface area contributed by atoms with Crippen molar-refractivity contribution in [3.63, 3.8) is 0 Å². The molecule has 0 radical (unpaired) electrons. The molecule has 162 valence electrons. The Morgan fingerprint density at radius 2 is 1.88 bits per heavy atom. The SMILES string of the molecule is COc1ccc2nc(C=Cc3ccccn3)nc(NCCc3ccccc3C(C)N)c2c1. The number of rotatable bonds is 8. The Morgan fingerprint density at radius 3 is 2.66 bits per heavy atom. The molecule has 0 spiro atoms. The third-order valence-electron chi connectivity index (χ3n) is 5.24. The molecule has 32 heavy (non-hydrogen) atoms. The second-order valence-electron chi connectivity index (χ2n) is 7.57. The quantitative estimate of drug-likeness (QED) is 0.419. The largest absolute Gasteiger partial charge is 0.497 e. The molecular weight excluding hydrogens is 398 g/mol. The highest BCUT2D eigenvalue weighted by molar-refractivity contribution is 5.91. The van der Waals surface area contributed by atoms with E-state index in [4.69, 9.17) is 20.4 Å². The summed E-state index contributed by atoms with van der Waals surface area (Å²) >= 11 is 0. The molecule has 0 bridgehead atoms. The standard InChI is InChI=1S/C26H27N5O/c1-18(27)22-9-4-3-7-19(22)14-16-29-26-23-17-21(32-2)11-12-24(23)30-25(31-26)13-10-20-8-5-6-15-28-20/h3-13,15,17-18H,14,16,27H2,1-2H3,(H,29,30,31). The zero-order chi connectivity index (χ0) is 22.3. The fourth-order valence-electron chi connectivity index (χ4n) is 3.62. The third kappa shape index (κ3) is 5.10. The Morgan fingerprint density at radius 1 is 1.03 bits per heavy atom. The van der Waals surface area contributed by atoms with Crippen LogP contribution in [0.15, 0.2) is 66.9 Å². The van der Waals surface area contributed by atoms with Crippen LogP contribution in [-0.4, -0.2) is 28.6 Å². The summed E-state index contributed by atoms with van der Waals surface area (Å²) in [7, 11) is 1.66. The van der Waals surface area contributed by atoms with Gasteiger partial charge in [-0.15, -0.1) is 0 Å². The first-order valence-corrected chi connectivity index (χ1v) is 10.7. The molecule has 4 rings (SSSR count). The van der Waals surface area contributed by atoms with Gasteiger partial charge in [0.15, 0.2) is 5.82 Å². The van der Waals surface area contributed by atoms with Crippen LogP contribution in [0.5, 0.6) is 5.75 Å². The second-order valence-corrected chi connectivity index (χ2v) is 7.57. The van der Waals surface area contributed by atoms with E-state index in [1.807, 2.05) is 67.6 Å². The smallest absolute Gasteiger partial charge is 0.155 e. The fourth-order valence-corrected chi connectivity index (χ4v) is 3.62. The molecule has 0 aliphatic carbocycles. The van der Waals surface area contributed by atoms with Crippen molar-refractivity contribution < 1.29 is 4.74 Å². The summed E-state index contributed by atoms with van der Waals surface area (Å²) in [6, 6.07) is 19.9. The highest BCUT2D eigenvalue weighted by Gasteiger charge is 2.10. The number of anilines is 1. The summed E-state index contributed by atoms with van der Waals surface area (Å²) in [5.74, 6) is 2.16. The van der Waals surface area contributed by atoms with Crippen molar-refractivity contribution in [1.29, 1.82) is 0 Å². The Labute approximate surface area is 188 Å². The lowest BCUT2D eigenvalue weighted by atomic mass is 10.00. The second kappa shape index (κ2) is 10.0. The van der Waals surface area contributed by atoms with Crippen molar-refractivity contribution in [2.45, 2.75) is 19.4 Å². The first kappa shape index (κ1) is 21.5. The predicted molar refractivity (Wildman–Crippen MR) is 130 cm³/mol. The van der Waals surface area contributed by atoms with Crippen LogP contribution in [0.1, 0.15) is 35.6 Å². The van der Waals surface area contributed by atoms with Crippen LogP contribution in [0, 0.1) is 0 Å². The number of benzene rings is 2. The van der Waals surface area contributed by atoms with Gasteiger partial charge in [0.25, 0.3) is 0 Å². The topological polar surface area (TPSA) is 86.0 Å². The van der Waals surface area contributed by atoms with Crippen LogP contribution in [0.3, 0.4) is 0 Å². The Balaban J connectivity index is 1.61. The van der Waals surface area contributed by atoms with Gasteiger partial charge in [-0.1, -0.05) is 30.3 Å². The number of ether oxygens (including phenoxy) is 1. The van der Waals surface area contributed by atoms with Gasteiger partial charge in [0.05, 0.1) is 18.3 Å². The van der Waals surface area contributed by atoms with Gasteiger partial charge in [-0.05, 0) is 67.0 Å². The summed E-state index contributed by atoms with van der Waals surface area (Å²) in [5, 5.41) is 4.41. The van der Waals surface area contributed by atoms with Gasteiger partial charge in [-0.2, -0.15) is 0 Å². The maximum Gasteiger partial charge on any atom is 0.155 e. The Bertz CT molecular complexity index is 1220. The van der Waals surface area contributed by atoms with Crippen LogP contribution in [0.2, 0.25) is 0 Å². The molecule has 2 aromatic heterocycles. The van der Waals surface area contributed by atoms with Crippen molar-refractivity contribution in [3.05, 3.63) is 89.5 Å². The number of fused-ring (bicyclic) bond motifs is 1. The lowest BCUT2D eigenvalue weighted by Gasteiger charge is -2.14. The molecule has 6 heteroatoms.